The highest BCUT2D eigenvalue weighted by molar-refractivity contribution is 7.89. The van der Waals surface area contributed by atoms with Crippen molar-refractivity contribution in [3.63, 3.8) is 0 Å². The number of hydrogen-bond acceptors (Lipinski definition) is 4. The number of aliphatic carboxylic acids is 1. The van der Waals surface area contributed by atoms with Crippen molar-refractivity contribution in [2.75, 3.05) is 0 Å². The molecule has 0 aliphatic rings. The second-order valence-corrected chi connectivity index (χ2v) is 5.85. The number of nitrogens with zero attached hydrogens (tertiary/aromatic N) is 1. The van der Waals surface area contributed by atoms with Crippen LogP contribution in [0.4, 0.5) is 13.2 Å². The van der Waals surface area contributed by atoms with E-state index in [4.69, 9.17) is 10.4 Å². The minimum absolute atomic E-state index is 0.103. The van der Waals surface area contributed by atoms with Crippen LogP contribution in [0.1, 0.15) is 12.5 Å². The largest absolute Gasteiger partial charge is 0.480 e. The topological polar surface area (TPSA) is 107 Å². The third kappa shape index (κ3) is 3.32. The summed E-state index contributed by atoms with van der Waals surface area (Å²) in [6.45, 7) is 0.205. The minimum atomic E-state index is -5.33. The van der Waals surface area contributed by atoms with E-state index in [1.807, 2.05) is 0 Å². The van der Waals surface area contributed by atoms with Gasteiger partial charge in [-0.2, -0.15) is 23.2 Å². The fourth-order valence-electron chi connectivity index (χ4n) is 1.26. The van der Waals surface area contributed by atoms with E-state index in [1.54, 1.807) is 6.07 Å². The van der Waals surface area contributed by atoms with Gasteiger partial charge in [-0.25, -0.2) is 13.2 Å². The molecule has 0 amide bonds. The van der Waals surface area contributed by atoms with E-state index in [-0.39, 0.29) is 12.5 Å². The van der Waals surface area contributed by atoms with Gasteiger partial charge in [0.05, 0.1) is 16.5 Å². The van der Waals surface area contributed by atoms with Crippen LogP contribution < -0.4 is 4.72 Å². The Kier molecular flexibility index (Phi) is 4.31. The van der Waals surface area contributed by atoms with Crippen LogP contribution in [0.25, 0.3) is 0 Å². The molecule has 0 aromatic heterocycles. The van der Waals surface area contributed by atoms with E-state index >= 15 is 0 Å². The number of nitriles is 1. The van der Waals surface area contributed by atoms with Crippen molar-refractivity contribution in [3.8, 4) is 6.07 Å². The molecule has 0 bridgehead atoms. The predicted molar refractivity (Wildman–Crippen MR) is 63.6 cm³/mol. The van der Waals surface area contributed by atoms with Gasteiger partial charge >= 0.3 is 12.1 Å². The van der Waals surface area contributed by atoms with Gasteiger partial charge in [0.2, 0.25) is 15.6 Å². The van der Waals surface area contributed by atoms with Gasteiger partial charge in [-0.1, -0.05) is 0 Å². The number of carboxylic acid groups (broad SMARTS) is 1. The molecule has 0 saturated carbocycles. The Bertz CT molecular complexity index is 692. The average molecular weight is 322 g/mol. The van der Waals surface area contributed by atoms with Gasteiger partial charge < -0.3 is 5.11 Å². The van der Waals surface area contributed by atoms with Crippen molar-refractivity contribution in [3.05, 3.63) is 29.8 Å². The smallest absolute Gasteiger partial charge is 0.418 e. The number of carboxylic acids is 1. The molecule has 1 aromatic rings. The van der Waals surface area contributed by atoms with E-state index in [9.17, 15) is 26.4 Å². The maximum atomic E-state index is 12.8. The summed E-state index contributed by atoms with van der Waals surface area (Å²) in [4.78, 5) is 10.2. The second kappa shape index (κ2) is 5.34. The molecule has 10 heteroatoms. The molecule has 0 heterocycles. The van der Waals surface area contributed by atoms with Crippen LogP contribution in [0, 0.1) is 11.3 Å². The summed E-state index contributed by atoms with van der Waals surface area (Å²) < 4.78 is 63.1. The average Bonchev–Trinajstić information content (AvgIpc) is 2.36. The molecule has 6 nitrogen and oxygen atoms in total. The van der Waals surface area contributed by atoms with E-state index < -0.39 is 32.6 Å². The fraction of sp³-hybridized carbons (Fsp3) is 0.273. The van der Waals surface area contributed by atoms with Crippen molar-refractivity contribution in [2.45, 2.75) is 23.5 Å². The molecule has 1 atom stereocenters. The Morgan fingerprint density at radius 3 is 2.10 bits per heavy atom. The van der Waals surface area contributed by atoms with Gasteiger partial charge in [-0.3, -0.25) is 0 Å². The van der Waals surface area contributed by atoms with Gasteiger partial charge in [0.25, 0.3) is 0 Å². The summed E-state index contributed by atoms with van der Waals surface area (Å²) >= 11 is 0. The highest BCUT2D eigenvalue weighted by atomic mass is 32.2. The minimum Gasteiger partial charge on any atom is -0.480 e. The molecule has 0 fully saturated rings. The summed E-state index contributed by atoms with van der Waals surface area (Å²) in [5.41, 5.74) is -3.56. The molecule has 0 radical (unpaired) electrons. The lowest BCUT2D eigenvalue weighted by Crippen LogP contribution is -2.61. The second-order valence-electron chi connectivity index (χ2n) is 4.17. The van der Waals surface area contributed by atoms with Crippen molar-refractivity contribution in [1.82, 2.24) is 4.72 Å². The first-order valence-corrected chi connectivity index (χ1v) is 6.76. The lowest BCUT2D eigenvalue weighted by atomic mass is 10.0. The standard InChI is InChI=1S/C11H9F3N2O4S/c1-10(9(17)18,11(12,13)14)16-21(19,20)8-4-2-7(6-15)3-5-8/h2-5,16H,1H3,(H,17,18). The molecule has 1 rings (SSSR count). The van der Waals surface area contributed by atoms with E-state index in [2.05, 4.69) is 0 Å². The molecule has 2 N–H and O–H groups in total. The molecule has 1 unspecified atom stereocenters. The lowest BCUT2D eigenvalue weighted by Gasteiger charge is -2.28. The Balaban J connectivity index is 3.25. The number of halogens is 3. The van der Waals surface area contributed by atoms with Gasteiger partial charge in [-0.05, 0) is 31.2 Å². The monoisotopic (exact) mass is 322 g/mol. The van der Waals surface area contributed by atoms with Crippen molar-refractivity contribution in [1.29, 1.82) is 5.26 Å². The summed E-state index contributed by atoms with van der Waals surface area (Å²) in [5, 5.41) is 17.2. The van der Waals surface area contributed by atoms with Gasteiger partial charge in [0.1, 0.15) is 0 Å². The lowest BCUT2D eigenvalue weighted by molar-refractivity contribution is -0.201. The maximum Gasteiger partial charge on any atom is 0.418 e. The Labute approximate surface area is 117 Å². The van der Waals surface area contributed by atoms with E-state index in [0.717, 1.165) is 29.0 Å². The van der Waals surface area contributed by atoms with E-state index in [0.29, 0.717) is 0 Å². The van der Waals surface area contributed by atoms with Crippen LogP contribution in [0.5, 0.6) is 0 Å². The zero-order valence-corrected chi connectivity index (χ0v) is 11.3. The van der Waals surface area contributed by atoms with Gasteiger partial charge in [0, 0.05) is 0 Å². The zero-order valence-electron chi connectivity index (χ0n) is 10.5. The third-order valence-corrected chi connectivity index (χ3v) is 4.20. The maximum absolute atomic E-state index is 12.8. The van der Waals surface area contributed by atoms with Crippen LogP contribution >= 0.6 is 0 Å². The summed E-state index contributed by atoms with van der Waals surface area (Å²) in [6.07, 6.45) is -5.33. The van der Waals surface area contributed by atoms with Crippen molar-refractivity contribution < 1.29 is 31.5 Å². The first-order valence-electron chi connectivity index (χ1n) is 5.28. The van der Waals surface area contributed by atoms with E-state index in [1.165, 1.54) is 0 Å². The molecule has 0 spiro atoms. The number of rotatable bonds is 4. The molecular weight excluding hydrogens is 313 g/mol. The molecule has 1 aromatic carbocycles. The van der Waals surface area contributed by atoms with Crippen LogP contribution in [-0.2, 0) is 14.8 Å². The Morgan fingerprint density at radius 1 is 1.29 bits per heavy atom. The Hall–Kier alpha value is -2.12. The van der Waals surface area contributed by atoms with Crippen LogP contribution in [-0.4, -0.2) is 31.2 Å². The summed E-state index contributed by atoms with van der Waals surface area (Å²) in [5.74, 6) is -2.38. The zero-order chi connectivity index (χ0) is 16.5. The number of nitrogens with one attached hydrogen (secondary N) is 1. The number of sulfonamides is 1. The number of alkyl halides is 3. The fourth-order valence-corrected chi connectivity index (χ4v) is 2.61. The normalized spacial score (nSPS) is 15.0. The van der Waals surface area contributed by atoms with Gasteiger partial charge in [0.15, 0.2) is 0 Å². The first-order chi connectivity index (χ1) is 9.44. The molecule has 114 valence electrons. The molecule has 21 heavy (non-hydrogen) atoms. The summed E-state index contributed by atoms with van der Waals surface area (Å²) in [7, 11) is -4.73. The number of hydrogen-bond donors (Lipinski definition) is 2. The van der Waals surface area contributed by atoms with Crippen LogP contribution in [0.2, 0.25) is 0 Å². The molecule has 0 aliphatic carbocycles. The molecular formula is C11H9F3N2O4S. The SMILES string of the molecule is CC(NS(=O)(=O)c1ccc(C#N)cc1)(C(=O)O)C(F)(F)F. The Morgan fingerprint density at radius 2 is 1.76 bits per heavy atom. The number of carbonyl (C=O) groups is 1. The molecule has 0 aliphatic heterocycles. The van der Waals surface area contributed by atoms with Crippen molar-refractivity contribution >= 4 is 16.0 Å². The predicted octanol–water partition coefficient (Wildman–Crippen LogP) is 1.24. The van der Waals surface area contributed by atoms with Crippen LogP contribution in [0.15, 0.2) is 29.2 Å². The first kappa shape index (κ1) is 16.9. The third-order valence-electron chi connectivity index (χ3n) is 2.63. The van der Waals surface area contributed by atoms with Crippen molar-refractivity contribution in [2.24, 2.45) is 0 Å². The van der Waals surface area contributed by atoms with Crippen LogP contribution in [0.3, 0.4) is 0 Å². The number of benzene rings is 1. The highest BCUT2D eigenvalue weighted by Crippen LogP contribution is 2.32. The summed E-state index contributed by atoms with van der Waals surface area (Å²) in [6, 6.07) is 5.68. The van der Waals surface area contributed by atoms with Gasteiger partial charge in [-0.15, -0.1) is 0 Å². The molecule has 0 saturated heterocycles. The highest BCUT2D eigenvalue weighted by Gasteiger charge is 2.59. The quantitative estimate of drug-likeness (QED) is 0.867.